The molecule has 8 nitrogen and oxygen atoms in total. The molecule has 2 aliphatic heterocycles. The van der Waals surface area contributed by atoms with E-state index in [1.165, 1.54) is 11.3 Å². The van der Waals surface area contributed by atoms with E-state index in [0.29, 0.717) is 25.4 Å². The zero-order chi connectivity index (χ0) is 21.0. The van der Waals surface area contributed by atoms with E-state index in [1.807, 2.05) is 11.6 Å². The predicted octanol–water partition coefficient (Wildman–Crippen LogP) is 2.62. The first-order valence-electron chi connectivity index (χ1n) is 10.6. The highest BCUT2D eigenvalue weighted by molar-refractivity contribution is 7.07. The van der Waals surface area contributed by atoms with Gasteiger partial charge in [0.1, 0.15) is 0 Å². The Hall–Kier alpha value is -2.26. The number of nitrogens with one attached hydrogen (secondary N) is 1. The molecule has 0 radical (unpaired) electrons. The van der Waals surface area contributed by atoms with Crippen molar-refractivity contribution >= 4 is 23.2 Å². The van der Waals surface area contributed by atoms with Gasteiger partial charge in [-0.2, -0.15) is 5.10 Å². The van der Waals surface area contributed by atoms with Gasteiger partial charge in [-0.15, -0.1) is 11.3 Å². The smallest absolute Gasteiger partial charge is 0.357 e. The number of carbonyl (C=O) groups excluding carboxylic acids is 2. The number of fused-ring (bicyclic) bond motifs is 1. The minimum Gasteiger partial charge on any atom is -0.461 e. The molecule has 30 heavy (non-hydrogen) atoms. The third-order valence-electron chi connectivity index (χ3n) is 6.05. The van der Waals surface area contributed by atoms with Crippen molar-refractivity contribution in [2.45, 2.75) is 52.0 Å². The van der Waals surface area contributed by atoms with Crippen LogP contribution in [0, 0.1) is 5.41 Å². The van der Waals surface area contributed by atoms with Crippen LogP contribution in [0.1, 0.15) is 64.8 Å². The van der Waals surface area contributed by atoms with Crippen molar-refractivity contribution in [2.75, 3.05) is 26.4 Å². The van der Waals surface area contributed by atoms with Crippen molar-refractivity contribution in [3.63, 3.8) is 0 Å². The van der Waals surface area contributed by atoms with Crippen molar-refractivity contribution in [3.05, 3.63) is 33.5 Å². The lowest BCUT2D eigenvalue weighted by Crippen LogP contribution is -2.40. The summed E-state index contributed by atoms with van der Waals surface area (Å²) in [7, 11) is 0. The first-order valence-corrected chi connectivity index (χ1v) is 11.6. The summed E-state index contributed by atoms with van der Waals surface area (Å²) < 4.78 is 12.9. The Morgan fingerprint density at radius 2 is 2.20 bits per heavy atom. The highest BCUT2D eigenvalue weighted by Crippen LogP contribution is 2.37. The number of nitrogens with zero attached hydrogens (tertiary/aromatic N) is 3. The van der Waals surface area contributed by atoms with E-state index < -0.39 is 0 Å². The van der Waals surface area contributed by atoms with Gasteiger partial charge in [0, 0.05) is 31.7 Å². The van der Waals surface area contributed by atoms with E-state index >= 15 is 0 Å². The second-order valence-electron chi connectivity index (χ2n) is 8.03. The largest absolute Gasteiger partial charge is 0.461 e. The normalized spacial score (nSPS) is 18.0. The molecule has 4 rings (SSSR count). The molecule has 2 aliphatic rings. The Balaban J connectivity index is 1.41. The van der Waals surface area contributed by atoms with Crippen LogP contribution in [0.3, 0.4) is 0 Å². The van der Waals surface area contributed by atoms with Gasteiger partial charge >= 0.3 is 5.97 Å². The maximum Gasteiger partial charge on any atom is 0.357 e. The van der Waals surface area contributed by atoms with Crippen LogP contribution in [0.5, 0.6) is 0 Å². The fraction of sp³-hybridized carbons (Fsp3) is 0.619. The van der Waals surface area contributed by atoms with Gasteiger partial charge in [0.25, 0.3) is 5.91 Å². The monoisotopic (exact) mass is 432 g/mol. The molecular formula is C21H28N4O4S. The number of aromatic nitrogens is 3. The average Bonchev–Trinajstić information content (AvgIpc) is 3.38. The van der Waals surface area contributed by atoms with Gasteiger partial charge in [-0.25, -0.2) is 9.78 Å². The molecule has 2 aromatic heterocycles. The topological polar surface area (TPSA) is 95.3 Å². The molecular weight excluding hydrogens is 404 g/mol. The summed E-state index contributed by atoms with van der Waals surface area (Å²) in [6, 6.07) is 0. The molecule has 1 fully saturated rings. The van der Waals surface area contributed by atoms with E-state index in [2.05, 4.69) is 10.3 Å². The molecule has 0 saturated carbocycles. The first-order chi connectivity index (χ1) is 14.6. The Kier molecular flexibility index (Phi) is 6.48. The van der Waals surface area contributed by atoms with Crippen LogP contribution in [-0.2, 0) is 28.9 Å². The number of aryl methyl sites for hydroxylation is 2. The van der Waals surface area contributed by atoms with Crippen LogP contribution in [0.15, 0.2) is 10.9 Å². The molecule has 1 saturated heterocycles. The number of esters is 1. The van der Waals surface area contributed by atoms with E-state index in [0.717, 1.165) is 68.7 Å². The molecule has 1 N–H and O–H groups in total. The summed E-state index contributed by atoms with van der Waals surface area (Å²) >= 11 is 1.37. The lowest BCUT2D eigenvalue weighted by Gasteiger charge is -2.36. The predicted molar refractivity (Wildman–Crippen MR) is 112 cm³/mol. The van der Waals surface area contributed by atoms with Gasteiger partial charge in [0.15, 0.2) is 5.69 Å². The van der Waals surface area contributed by atoms with Crippen LogP contribution in [0.25, 0.3) is 0 Å². The number of hydrogen-bond donors (Lipinski definition) is 1. The summed E-state index contributed by atoms with van der Waals surface area (Å²) in [5, 5.41) is 9.59. The summed E-state index contributed by atoms with van der Waals surface area (Å²) in [4.78, 5) is 28.7. The van der Waals surface area contributed by atoms with Crippen LogP contribution < -0.4 is 5.32 Å². The Morgan fingerprint density at radius 1 is 1.37 bits per heavy atom. The summed E-state index contributed by atoms with van der Waals surface area (Å²) in [6.45, 7) is 5.26. The quantitative estimate of drug-likeness (QED) is 0.534. The number of ether oxygens (including phenoxy) is 2. The number of unbranched alkanes of at least 4 members (excludes halogenated alkanes) is 1. The van der Waals surface area contributed by atoms with Crippen molar-refractivity contribution in [1.82, 2.24) is 20.1 Å². The molecule has 0 bridgehead atoms. The van der Waals surface area contributed by atoms with Crippen molar-refractivity contribution < 1.29 is 19.1 Å². The van der Waals surface area contributed by atoms with Gasteiger partial charge in [-0.3, -0.25) is 9.48 Å². The van der Waals surface area contributed by atoms with Crippen molar-refractivity contribution in [3.8, 4) is 0 Å². The van der Waals surface area contributed by atoms with Gasteiger partial charge in [-0.1, -0.05) is 6.92 Å². The van der Waals surface area contributed by atoms with Gasteiger partial charge < -0.3 is 14.8 Å². The van der Waals surface area contributed by atoms with E-state index in [4.69, 9.17) is 14.6 Å². The molecule has 4 heterocycles. The molecule has 162 valence electrons. The SMILES string of the molecule is CCc1nn(CCCCOC(=O)c2cscn2)c2c1C(=O)NCC1(CCOCC1)C2. The summed E-state index contributed by atoms with van der Waals surface area (Å²) in [5.74, 6) is -0.385. The summed E-state index contributed by atoms with van der Waals surface area (Å²) in [5.41, 5.74) is 4.69. The molecule has 2 aromatic rings. The van der Waals surface area contributed by atoms with E-state index in [-0.39, 0.29) is 17.3 Å². The molecule has 0 aliphatic carbocycles. The lowest BCUT2D eigenvalue weighted by molar-refractivity contribution is 0.0152. The van der Waals surface area contributed by atoms with Crippen LogP contribution in [0.2, 0.25) is 0 Å². The number of amides is 1. The van der Waals surface area contributed by atoms with Gasteiger partial charge in [0.2, 0.25) is 0 Å². The maximum absolute atomic E-state index is 12.8. The van der Waals surface area contributed by atoms with Crippen LogP contribution in [-0.4, -0.2) is 53.0 Å². The highest BCUT2D eigenvalue weighted by atomic mass is 32.1. The van der Waals surface area contributed by atoms with Crippen molar-refractivity contribution in [2.24, 2.45) is 5.41 Å². The van der Waals surface area contributed by atoms with Gasteiger partial charge in [-0.05, 0) is 43.9 Å². The average molecular weight is 433 g/mol. The first kappa shape index (κ1) is 21.0. The fourth-order valence-electron chi connectivity index (χ4n) is 4.27. The fourth-order valence-corrected chi connectivity index (χ4v) is 4.79. The molecule has 0 aromatic carbocycles. The molecule has 0 unspecified atom stereocenters. The number of rotatable bonds is 7. The zero-order valence-corrected chi connectivity index (χ0v) is 18.1. The second-order valence-corrected chi connectivity index (χ2v) is 8.75. The Labute approximate surface area is 180 Å². The minimum atomic E-state index is -0.379. The lowest BCUT2D eigenvalue weighted by atomic mass is 9.76. The standard InChI is InChI=1S/C21H28N4O4S/c1-2-15-18-17(11-21(13-22-19(18)26)5-9-28-10-6-21)25(24-15)7-3-4-8-29-20(27)16-12-30-14-23-16/h12,14H,2-11,13H2,1H3,(H,22,26). The van der Waals surface area contributed by atoms with Crippen LogP contribution >= 0.6 is 11.3 Å². The highest BCUT2D eigenvalue weighted by Gasteiger charge is 2.39. The third-order valence-corrected chi connectivity index (χ3v) is 6.64. The number of thiazole rings is 1. The summed E-state index contributed by atoms with van der Waals surface area (Å²) in [6.07, 6.45) is 5.02. The van der Waals surface area contributed by atoms with Crippen molar-refractivity contribution in [1.29, 1.82) is 0 Å². The Bertz CT molecular complexity index is 887. The van der Waals surface area contributed by atoms with E-state index in [1.54, 1.807) is 10.9 Å². The van der Waals surface area contributed by atoms with E-state index in [9.17, 15) is 9.59 Å². The molecule has 1 amide bonds. The molecule has 9 heteroatoms. The Morgan fingerprint density at radius 3 is 2.93 bits per heavy atom. The third kappa shape index (κ3) is 4.41. The maximum atomic E-state index is 12.8. The second kappa shape index (κ2) is 9.26. The minimum absolute atomic E-state index is 0.00587. The van der Waals surface area contributed by atoms with Gasteiger partial charge in [0.05, 0.1) is 29.1 Å². The van der Waals surface area contributed by atoms with Crippen LogP contribution in [0.4, 0.5) is 0 Å². The molecule has 1 spiro atoms. The zero-order valence-electron chi connectivity index (χ0n) is 17.3. The molecule has 0 atom stereocenters. The number of carbonyl (C=O) groups is 2. The number of hydrogen-bond acceptors (Lipinski definition) is 7.